The van der Waals surface area contributed by atoms with Crippen molar-refractivity contribution in [3.63, 3.8) is 0 Å². The molecule has 0 unspecified atom stereocenters. The molecule has 0 spiro atoms. The molecule has 0 radical (unpaired) electrons. The molecule has 0 aliphatic carbocycles. The predicted octanol–water partition coefficient (Wildman–Crippen LogP) is 1.76. The van der Waals surface area contributed by atoms with Gasteiger partial charge in [0.1, 0.15) is 0 Å². The van der Waals surface area contributed by atoms with E-state index in [1.54, 1.807) is 0 Å². The van der Waals surface area contributed by atoms with Crippen molar-refractivity contribution in [2.24, 2.45) is 5.73 Å². The molecule has 1 aromatic carbocycles. The van der Waals surface area contributed by atoms with E-state index in [4.69, 9.17) is 10.5 Å². The molecule has 2 rings (SSSR count). The molecule has 1 aromatic rings. The van der Waals surface area contributed by atoms with Gasteiger partial charge in [-0.25, -0.2) is 0 Å². The van der Waals surface area contributed by atoms with Gasteiger partial charge in [-0.2, -0.15) is 0 Å². The SMILES string of the molecule is CC(C)(N)c1ccc(CCN2CCOCC2)cc1. The van der Waals surface area contributed by atoms with Crippen LogP contribution in [0, 0.1) is 0 Å². The van der Waals surface area contributed by atoms with Crippen LogP contribution in [-0.4, -0.2) is 37.7 Å². The van der Waals surface area contributed by atoms with Crippen molar-refractivity contribution in [1.82, 2.24) is 4.90 Å². The number of hydrogen-bond acceptors (Lipinski definition) is 3. The molecule has 3 nitrogen and oxygen atoms in total. The van der Waals surface area contributed by atoms with Crippen LogP contribution in [-0.2, 0) is 16.7 Å². The highest BCUT2D eigenvalue weighted by Crippen LogP contribution is 2.17. The van der Waals surface area contributed by atoms with Crippen molar-refractivity contribution in [3.8, 4) is 0 Å². The molecule has 0 atom stereocenters. The number of rotatable bonds is 4. The van der Waals surface area contributed by atoms with Gasteiger partial charge in [0.15, 0.2) is 0 Å². The third-order valence-corrected chi connectivity index (χ3v) is 3.52. The maximum atomic E-state index is 6.08. The van der Waals surface area contributed by atoms with Crippen molar-refractivity contribution >= 4 is 0 Å². The molecule has 1 aliphatic rings. The van der Waals surface area contributed by atoms with E-state index in [2.05, 4.69) is 29.2 Å². The summed E-state index contributed by atoms with van der Waals surface area (Å²) in [6, 6.07) is 8.69. The molecule has 18 heavy (non-hydrogen) atoms. The second kappa shape index (κ2) is 5.83. The fraction of sp³-hybridized carbons (Fsp3) is 0.600. The maximum Gasteiger partial charge on any atom is 0.0594 e. The third-order valence-electron chi connectivity index (χ3n) is 3.52. The van der Waals surface area contributed by atoms with E-state index >= 15 is 0 Å². The Bertz CT molecular complexity index is 361. The second-order valence-electron chi connectivity index (χ2n) is 5.62. The molecule has 0 aromatic heterocycles. The fourth-order valence-electron chi connectivity index (χ4n) is 2.21. The van der Waals surface area contributed by atoms with Gasteiger partial charge in [0.05, 0.1) is 13.2 Å². The number of nitrogens with zero attached hydrogens (tertiary/aromatic N) is 1. The molecule has 0 saturated carbocycles. The number of hydrogen-bond donors (Lipinski definition) is 1. The van der Waals surface area contributed by atoms with Crippen LogP contribution in [0.4, 0.5) is 0 Å². The zero-order chi connectivity index (χ0) is 13.0. The van der Waals surface area contributed by atoms with Gasteiger partial charge in [-0.3, -0.25) is 4.90 Å². The highest BCUT2D eigenvalue weighted by Gasteiger charge is 2.14. The lowest BCUT2D eigenvalue weighted by Crippen LogP contribution is -2.37. The van der Waals surface area contributed by atoms with E-state index in [0.717, 1.165) is 39.3 Å². The van der Waals surface area contributed by atoms with Gasteiger partial charge < -0.3 is 10.5 Å². The Labute approximate surface area is 110 Å². The molecule has 0 amide bonds. The van der Waals surface area contributed by atoms with Crippen LogP contribution < -0.4 is 5.73 Å². The Hall–Kier alpha value is -0.900. The topological polar surface area (TPSA) is 38.5 Å². The lowest BCUT2D eigenvalue weighted by molar-refractivity contribution is 0.0384. The minimum absolute atomic E-state index is 0.247. The summed E-state index contributed by atoms with van der Waals surface area (Å²) in [5.74, 6) is 0. The van der Waals surface area contributed by atoms with Crippen molar-refractivity contribution < 1.29 is 4.74 Å². The number of morpholine rings is 1. The van der Waals surface area contributed by atoms with Gasteiger partial charge in [0.25, 0.3) is 0 Å². The molecule has 3 heteroatoms. The summed E-state index contributed by atoms with van der Waals surface area (Å²) in [4.78, 5) is 2.46. The van der Waals surface area contributed by atoms with Crippen molar-refractivity contribution in [2.45, 2.75) is 25.8 Å². The lowest BCUT2D eigenvalue weighted by Gasteiger charge is -2.26. The van der Waals surface area contributed by atoms with E-state index < -0.39 is 0 Å². The number of nitrogens with two attached hydrogens (primary N) is 1. The fourth-order valence-corrected chi connectivity index (χ4v) is 2.21. The summed E-state index contributed by atoms with van der Waals surface area (Å²) in [5, 5.41) is 0. The Balaban J connectivity index is 1.86. The number of benzene rings is 1. The Morgan fingerprint density at radius 1 is 1.17 bits per heavy atom. The summed E-state index contributed by atoms with van der Waals surface area (Å²) in [5.41, 5.74) is 8.40. The van der Waals surface area contributed by atoms with Crippen LogP contribution in [0.5, 0.6) is 0 Å². The first-order valence-corrected chi connectivity index (χ1v) is 6.74. The Kier molecular flexibility index (Phi) is 4.38. The molecule has 1 aliphatic heterocycles. The zero-order valence-corrected chi connectivity index (χ0v) is 11.5. The van der Waals surface area contributed by atoms with Crippen LogP contribution in [0.3, 0.4) is 0 Å². The first kappa shape index (κ1) is 13.5. The quantitative estimate of drug-likeness (QED) is 0.882. The predicted molar refractivity (Wildman–Crippen MR) is 74.6 cm³/mol. The monoisotopic (exact) mass is 248 g/mol. The summed E-state index contributed by atoms with van der Waals surface area (Å²) in [6.07, 6.45) is 1.10. The van der Waals surface area contributed by atoms with Crippen molar-refractivity contribution in [3.05, 3.63) is 35.4 Å². The average Bonchev–Trinajstić information content (AvgIpc) is 2.37. The molecular weight excluding hydrogens is 224 g/mol. The Morgan fingerprint density at radius 2 is 1.78 bits per heavy atom. The van der Waals surface area contributed by atoms with E-state index in [0.29, 0.717) is 0 Å². The summed E-state index contributed by atoms with van der Waals surface area (Å²) in [6.45, 7) is 9.07. The largest absolute Gasteiger partial charge is 0.379 e. The first-order chi connectivity index (χ1) is 8.55. The normalized spacial score (nSPS) is 17.9. The third kappa shape index (κ3) is 3.80. The minimum Gasteiger partial charge on any atom is -0.379 e. The van der Waals surface area contributed by atoms with Gasteiger partial charge in [-0.05, 0) is 31.4 Å². The van der Waals surface area contributed by atoms with Gasteiger partial charge in [0.2, 0.25) is 0 Å². The average molecular weight is 248 g/mol. The smallest absolute Gasteiger partial charge is 0.0594 e. The molecule has 1 heterocycles. The highest BCUT2D eigenvalue weighted by atomic mass is 16.5. The maximum absolute atomic E-state index is 6.08. The van der Waals surface area contributed by atoms with Crippen LogP contribution in [0.1, 0.15) is 25.0 Å². The highest BCUT2D eigenvalue weighted by molar-refractivity contribution is 5.27. The van der Waals surface area contributed by atoms with Crippen LogP contribution in [0.2, 0.25) is 0 Å². The van der Waals surface area contributed by atoms with Crippen LogP contribution in [0.25, 0.3) is 0 Å². The second-order valence-corrected chi connectivity index (χ2v) is 5.62. The van der Waals surface area contributed by atoms with Gasteiger partial charge >= 0.3 is 0 Å². The standard InChI is InChI=1S/C15H24N2O/c1-15(2,16)14-5-3-13(4-6-14)7-8-17-9-11-18-12-10-17/h3-6H,7-12,16H2,1-2H3. The molecule has 100 valence electrons. The molecule has 0 bridgehead atoms. The Morgan fingerprint density at radius 3 is 2.33 bits per heavy atom. The summed E-state index contributed by atoms with van der Waals surface area (Å²) >= 11 is 0. The lowest BCUT2D eigenvalue weighted by atomic mass is 9.94. The van der Waals surface area contributed by atoms with E-state index in [-0.39, 0.29) is 5.54 Å². The van der Waals surface area contributed by atoms with Gasteiger partial charge in [-0.1, -0.05) is 24.3 Å². The van der Waals surface area contributed by atoms with Crippen molar-refractivity contribution in [1.29, 1.82) is 0 Å². The summed E-state index contributed by atoms with van der Waals surface area (Å²) < 4.78 is 5.35. The van der Waals surface area contributed by atoms with E-state index in [1.165, 1.54) is 11.1 Å². The van der Waals surface area contributed by atoms with Crippen LogP contribution in [0.15, 0.2) is 24.3 Å². The number of ether oxygens (including phenoxy) is 1. The van der Waals surface area contributed by atoms with E-state index in [1.807, 2.05) is 13.8 Å². The molecule has 1 fully saturated rings. The molecule has 1 saturated heterocycles. The molecule has 2 N–H and O–H groups in total. The first-order valence-electron chi connectivity index (χ1n) is 6.74. The van der Waals surface area contributed by atoms with Gasteiger partial charge in [0, 0.05) is 25.2 Å². The zero-order valence-electron chi connectivity index (χ0n) is 11.5. The van der Waals surface area contributed by atoms with Crippen molar-refractivity contribution in [2.75, 3.05) is 32.8 Å². The minimum atomic E-state index is -0.247. The summed E-state index contributed by atoms with van der Waals surface area (Å²) in [7, 11) is 0. The van der Waals surface area contributed by atoms with E-state index in [9.17, 15) is 0 Å². The van der Waals surface area contributed by atoms with Gasteiger partial charge in [-0.15, -0.1) is 0 Å². The van der Waals surface area contributed by atoms with Crippen LogP contribution >= 0.6 is 0 Å². The molecular formula is C15H24N2O.